The third kappa shape index (κ3) is 10.9. The Hall–Kier alpha value is -0.800. The molecule has 0 saturated heterocycles. The maximum atomic E-state index is 5.34. The number of halogens is 1. The molecule has 7 heteroatoms. The Balaban J connectivity index is 0.00000529. The lowest BCUT2D eigenvalue weighted by molar-refractivity contribution is 0.155. The van der Waals surface area contributed by atoms with Gasteiger partial charge in [-0.3, -0.25) is 4.99 Å². The van der Waals surface area contributed by atoms with Crippen molar-refractivity contribution in [2.45, 2.75) is 26.7 Å². The third-order valence-corrected chi connectivity index (χ3v) is 3.49. The van der Waals surface area contributed by atoms with Crippen LogP contribution in [0.3, 0.4) is 0 Å². The van der Waals surface area contributed by atoms with E-state index >= 15 is 0 Å². The first-order chi connectivity index (χ1) is 11.1. The van der Waals surface area contributed by atoms with E-state index in [4.69, 9.17) is 18.9 Å². The second kappa shape index (κ2) is 13.5. The molecule has 0 saturated carbocycles. The minimum atomic E-state index is 0. The van der Waals surface area contributed by atoms with E-state index in [1.165, 1.54) is 0 Å². The Bertz CT molecular complexity index is 436. The van der Waals surface area contributed by atoms with Crippen LogP contribution in [0.1, 0.15) is 26.0 Å². The normalized spacial score (nSPS) is 11.9. The van der Waals surface area contributed by atoms with E-state index < -0.39 is 0 Å². The summed E-state index contributed by atoms with van der Waals surface area (Å²) in [5.74, 6) is 1.77. The Morgan fingerprint density at radius 3 is 2.50 bits per heavy atom. The van der Waals surface area contributed by atoms with Crippen LogP contribution in [0.25, 0.3) is 0 Å². The third-order valence-electron chi connectivity index (χ3n) is 3.49. The molecule has 24 heavy (non-hydrogen) atoms. The standard InChI is InChI=1S/C17H31N3O3.HI/c1-17(2,8-12-21-3)14-20-16(19-10-13-22-4)18-9-7-15-6-5-11-23-15;/h5-6,11H,7-10,12-14H2,1-4H3,(H2,18,19,20);1H. The van der Waals surface area contributed by atoms with Crippen molar-refractivity contribution in [3.8, 4) is 0 Å². The molecule has 1 aromatic rings. The van der Waals surface area contributed by atoms with Gasteiger partial charge < -0.3 is 24.5 Å². The fourth-order valence-electron chi connectivity index (χ4n) is 1.96. The van der Waals surface area contributed by atoms with Crippen LogP contribution in [-0.4, -0.2) is 53.0 Å². The van der Waals surface area contributed by atoms with Gasteiger partial charge in [0, 0.05) is 46.9 Å². The molecular weight excluding hydrogens is 421 g/mol. The van der Waals surface area contributed by atoms with Gasteiger partial charge >= 0.3 is 0 Å². The Morgan fingerprint density at radius 1 is 1.17 bits per heavy atom. The summed E-state index contributed by atoms with van der Waals surface area (Å²) in [7, 11) is 3.42. The lowest BCUT2D eigenvalue weighted by atomic mass is 9.90. The lowest BCUT2D eigenvalue weighted by Crippen LogP contribution is -2.40. The summed E-state index contributed by atoms with van der Waals surface area (Å²) < 4.78 is 15.6. The lowest BCUT2D eigenvalue weighted by Gasteiger charge is -2.22. The molecule has 0 spiro atoms. The van der Waals surface area contributed by atoms with Crippen LogP contribution in [0.2, 0.25) is 0 Å². The zero-order chi connectivity index (χ0) is 17.0. The van der Waals surface area contributed by atoms with E-state index in [0.29, 0.717) is 6.61 Å². The van der Waals surface area contributed by atoms with Crippen LogP contribution in [-0.2, 0) is 15.9 Å². The van der Waals surface area contributed by atoms with Gasteiger partial charge in [0.1, 0.15) is 5.76 Å². The van der Waals surface area contributed by atoms with Gasteiger partial charge in [-0.1, -0.05) is 13.8 Å². The van der Waals surface area contributed by atoms with Gasteiger partial charge in [0.15, 0.2) is 5.96 Å². The molecule has 0 aliphatic heterocycles. The first kappa shape index (κ1) is 23.2. The first-order valence-corrected chi connectivity index (χ1v) is 8.10. The van der Waals surface area contributed by atoms with Gasteiger partial charge in [-0.05, 0) is 24.0 Å². The molecule has 0 atom stereocenters. The molecule has 6 nitrogen and oxygen atoms in total. The maximum Gasteiger partial charge on any atom is 0.191 e. The highest BCUT2D eigenvalue weighted by Crippen LogP contribution is 2.20. The quantitative estimate of drug-likeness (QED) is 0.234. The molecule has 0 aliphatic carbocycles. The number of methoxy groups -OCH3 is 2. The minimum absolute atomic E-state index is 0. The van der Waals surface area contributed by atoms with E-state index in [1.807, 2.05) is 12.1 Å². The SMILES string of the molecule is COCCNC(=NCC(C)(C)CCOC)NCCc1ccco1.I. The first-order valence-electron chi connectivity index (χ1n) is 8.10. The van der Waals surface area contributed by atoms with E-state index in [1.54, 1.807) is 20.5 Å². The van der Waals surface area contributed by atoms with Crippen LogP contribution in [0.4, 0.5) is 0 Å². The summed E-state index contributed by atoms with van der Waals surface area (Å²) in [5, 5.41) is 6.62. The summed E-state index contributed by atoms with van der Waals surface area (Å²) in [6.45, 7) is 8.02. The van der Waals surface area contributed by atoms with Crippen molar-refractivity contribution in [3.63, 3.8) is 0 Å². The van der Waals surface area contributed by atoms with Crippen LogP contribution in [0.15, 0.2) is 27.8 Å². The van der Waals surface area contributed by atoms with Gasteiger partial charge in [-0.15, -0.1) is 24.0 Å². The molecule has 0 amide bonds. The fraction of sp³-hybridized carbons (Fsp3) is 0.706. The molecule has 1 rings (SSSR count). The number of guanidine groups is 1. The number of nitrogens with zero attached hydrogens (tertiary/aromatic N) is 1. The molecular formula is C17H32IN3O3. The second-order valence-electron chi connectivity index (χ2n) is 6.25. The van der Waals surface area contributed by atoms with Gasteiger partial charge in [0.05, 0.1) is 12.9 Å². The van der Waals surface area contributed by atoms with Gasteiger partial charge in [0.2, 0.25) is 0 Å². The number of hydrogen-bond donors (Lipinski definition) is 2. The molecule has 2 N–H and O–H groups in total. The van der Waals surface area contributed by atoms with Crippen molar-refractivity contribution < 1.29 is 13.9 Å². The molecule has 0 aromatic carbocycles. The summed E-state index contributed by atoms with van der Waals surface area (Å²) in [6.07, 6.45) is 3.50. The van der Waals surface area contributed by atoms with E-state index in [9.17, 15) is 0 Å². The summed E-state index contributed by atoms with van der Waals surface area (Å²) >= 11 is 0. The van der Waals surface area contributed by atoms with Crippen molar-refractivity contribution in [1.82, 2.24) is 10.6 Å². The van der Waals surface area contributed by atoms with Crippen LogP contribution in [0.5, 0.6) is 0 Å². The average molecular weight is 453 g/mol. The number of aliphatic imine (C=N–C) groups is 1. The fourth-order valence-corrected chi connectivity index (χ4v) is 1.96. The van der Waals surface area contributed by atoms with Crippen LogP contribution in [0, 0.1) is 5.41 Å². The van der Waals surface area contributed by atoms with Crippen molar-refractivity contribution in [3.05, 3.63) is 24.2 Å². The zero-order valence-electron chi connectivity index (χ0n) is 15.3. The van der Waals surface area contributed by atoms with Crippen LogP contribution >= 0.6 is 24.0 Å². The van der Waals surface area contributed by atoms with E-state index in [0.717, 1.165) is 50.8 Å². The molecule has 0 radical (unpaired) electrons. The Morgan fingerprint density at radius 2 is 1.88 bits per heavy atom. The topological polar surface area (TPSA) is 68.0 Å². The zero-order valence-corrected chi connectivity index (χ0v) is 17.6. The number of ether oxygens (including phenoxy) is 2. The average Bonchev–Trinajstić information content (AvgIpc) is 3.04. The Labute approximate surface area is 162 Å². The smallest absolute Gasteiger partial charge is 0.191 e. The van der Waals surface area contributed by atoms with Crippen molar-refractivity contribution in [1.29, 1.82) is 0 Å². The molecule has 0 fully saturated rings. The summed E-state index contributed by atoms with van der Waals surface area (Å²) in [6, 6.07) is 3.88. The largest absolute Gasteiger partial charge is 0.469 e. The maximum absolute atomic E-state index is 5.34. The molecule has 1 heterocycles. The molecule has 1 aromatic heterocycles. The number of hydrogen-bond acceptors (Lipinski definition) is 4. The highest BCUT2D eigenvalue weighted by Gasteiger charge is 2.17. The summed E-state index contributed by atoms with van der Waals surface area (Å²) in [5.41, 5.74) is 0.104. The van der Waals surface area contributed by atoms with Crippen molar-refractivity contribution in [2.24, 2.45) is 10.4 Å². The van der Waals surface area contributed by atoms with Crippen LogP contribution < -0.4 is 10.6 Å². The monoisotopic (exact) mass is 453 g/mol. The molecule has 0 unspecified atom stereocenters. The predicted molar refractivity (Wildman–Crippen MR) is 108 cm³/mol. The van der Waals surface area contributed by atoms with Gasteiger partial charge in [0.25, 0.3) is 0 Å². The molecule has 0 bridgehead atoms. The van der Waals surface area contributed by atoms with E-state index in [-0.39, 0.29) is 29.4 Å². The highest BCUT2D eigenvalue weighted by atomic mass is 127. The second-order valence-corrected chi connectivity index (χ2v) is 6.25. The molecule has 140 valence electrons. The number of furan rings is 1. The van der Waals surface area contributed by atoms with Gasteiger partial charge in [-0.2, -0.15) is 0 Å². The minimum Gasteiger partial charge on any atom is -0.469 e. The highest BCUT2D eigenvalue weighted by molar-refractivity contribution is 14.0. The number of nitrogens with one attached hydrogen (secondary N) is 2. The summed E-state index contributed by atoms with van der Waals surface area (Å²) in [4.78, 5) is 4.69. The van der Waals surface area contributed by atoms with E-state index in [2.05, 4.69) is 24.5 Å². The predicted octanol–water partition coefficient (Wildman–Crippen LogP) is 2.68. The molecule has 0 aliphatic rings. The van der Waals surface area contributed by atoms with Gasteiger partial charge in [-0.25, -0.2) is 0 Å². The Kier molecular flexibility index (Phi) is 13.0. The van der Waals surface area contributed by atoms with Crippen molar-refractivity contribution in [2.75, 3.05) is 47.1 Å². The number of rotatable bonds is 11. The van der Waals surface area contributed by atoms with Crippen molar-refractivity contribution >= 4 is 29.9 Å².